The van der Waals surface area contributed by atoms with Crippen molar-refractivity contribution in [3.8, 4) is 5.75 Å². The number of likely N-dealkylation sites (tertiary alicyclic amines) is 1. The Bertz CT molecular complexity index is 558. The number of amides is 1. The Balaban J connectivity index is 1.61. The van der Waals surface area contributed by atoms with Crippen molar-refractivity contribution in [2.24, 2.45) is 0 Å². The van der Waals surface area contributed by atoms with Crippen molar-refractivity contribution in [2.75, 3.05) is 46.0 Å². The van der Waals surface area contributed by atoms with Gasteiger partial charge in [-0.05, 0) is 31.5 Å². The number of carboxylic acid groups (broad SMARTS) is 1. The lowest BCUT2D eigenvalue weighted by molar-refractivity contribution is -0.141. The predicted molar refractivity (Wildman–Crippen MR) is 97.2 cm³/mol. The van der Waals surface area contributed by atoms with Gasteiger partial charge in [0.05, 0.1) is 13.2 Å². The number of hydrogen-bond acceptors (Lipinski definition) is 5. The number of carboxylic acids is 1. The summed E-state index contributed by atoms with van der Waals surface area (Å²) in [6.07, 6.45) is 1.59. The molecule has 1 aliphatic heterocycles. The van der Waals surface area contributed by atoms with Gasteiger partial charge in [0.15, 0.2) is 0 Å². The number of para-hydroxylation sites is 1. The third-order valence-electron chi connectivity index (χ3n) is 4.54. The van der Waals surface area contributed by atoms with Crippen LogP contribution in [0.5, 0.6) is 5.75 Å². The standard InChI is InChI=1S/C19H28N2O5/c1-2-20(14-19(23)24)16-8-10-21(11-9-16)18(22)15-25-12-13-26-17-6-4-3-5-7-17/h3-7,16H,2,8-15H2,1H3,(H,23,24). The molecule has 1 aromatic carbocycles. The van der Waals surface area contributed by atoms with E-state index in [2.05, 4.69) is 0 Å². The van der Waals surface area contributed by atoms with E-state index in [1.54, 1.807) is 4.90 Å². The van der Waals surface area contributed by atoms with Crippen LogP contribution in [0.4, 0.5) is 0 Å². The normalized spacial score (nSPS) is 15.2. The Kier molecular flexibility index (Phi) is 8.37. The Morgan fingerprint density at radius 1 is 1.19 bits per heavy atom. The number of aliphatic carboxylic acids is 1. The number of carbonyl (C=O) groups excluding carboxylic acids is 1. The van der Waals surface area contributed by atoms with Crippen molar-refractivity contribution < 1.29 is 24.2 Å². The molecule has 0 aliphatic carbocycles. The molecule has 0 aromatic heterocycles. The highest BCUT2D eigenvalue weighted by Crippen LogP contribution is 2.16. The summed E-state index contributed by atoms with van der Waals surface area (Å²) in [6, 6.07) is 9.70. The van der Waals surface area contributed by atoms with Gasteiger partial charge in [-0.15, -0.1) is 0 Å². The average Bonchev–Trinajstić information content (AvgIpc) is 2.66. The summed E-state index contributed by atoms with van der Waals surface area (Å²) in [7, 11) is 0. The molecular weight excluding hydrogens is 336 g/mol. The molecule has 0 atom stereocenters. The maximum atomic E-state index is 12.2. The van der Waals surface area contributed by atoms with Gasteiger partial charge in [-0.1, -0.05) is 25.1 Å². The first-order valence-corrected chi connectivity index (χ1v) is 9.09. The molecule has 7 nitrogen and oxygen atoms in total. The summed E-state index contributed by atoms with van der Waals surface area (Å²) in [4.78, 5) is 26.9. The minimum atomic E-state index is -0.809. The Hall–Kier alpha value is -2.12. The number of hydrogen-bond donors (Lipinski definition) is 1. The number of nitrogens with zero attached hydrogens (tertiary/aromatic N) is 2. The second kappa shape index (κ2) is 10.8. The average molecular weight is 364 g/mol. The molecule has 7 heteroatoms. The van der Waals surface area contributed by atoms with Crippen LogP contribution < -0.4 is 4.74 Å². The first-order chi connectivity index (χ1) is 12.6. The molecule has 0 unspecified atom stereocenters. The molecule has 0 bridgehead atoms. The molecule has 1 amide bonds. The van der Waals surface area contributed by atoms with E-state index in [0.717, 1.165) is 18.6 Å². The van der Waals surface area contributed by atoms with Gasteiger partial charge in [-0.3, -0.25) is 14.5 Å². The van der Waals surface area contributed by atoms with Gasteiger partial charge in [0.1, 0.15) is 19.0 Å². The van der Waals surface area contributed by atoms with Crippen LogP contribution in [0.15, 0.2) is 30.3 Å². The fraction of sp³-hybridized carbons (Fsp3) is 0.579. The fourth-order valence-corrected chi connectivity index (χ4v) is 3.14. The van der Waals surface area contributed by atoms with E-state index in [4.69, 9.17) is 14.6 Å². The van der Waals surface area contributed by atoms with Crippen molar-refractivity contribution in [1.82, 2.24) is 9.80 Å². The van der Waals surface area contributed by atoms with Crippen LogP contribution in [-0.2, 0) is 14.3 Å². The molecule has 2 rings (SSSR count). The van der Waals surface area contributed by atoms with Crippen LogP contribution in [0, 0.1) is 0 Å². The highest BCUT2D eigenvalue weighted by Gasteiger charge is 2.27. The quantitative estimate of drug-likeness (QED) is 0.634. The predicted octanol–water partition coefficient (Wildman–Crippen LogP) is 1.48. The van der Waals surface area contributed by atoms with Gasteiger partial charge in [-0.25, -0.2) is 0 Å². The Labute approximate surface area is 154 Å². The van der Waals surface area contributed by atoms with E-state index in [1.807, 2.05) is 42.2 Å². The lowest BCUT2D eigenvalue weighted by Crippen LogP contribution is -2.48. The highest BCUT2D eigenvalue weighted by molar-refractivity contribution is 5.77. The summed E-state index contributed by atoms with van der Waals surface area (Å²) in [5, 5.41) is 8.97. The number of piperidine rings is 1. The maximum absolute atomic E-state index is 12.2. The largest absolute Gasteiger partial charge is 0.491 e. The number of carbonyl (C=O) groups is 2. The topological polar surface area (TPSA) is 79.3 Å². The third kappa shape index (κ3) is 6.65. The van der Waals surface area contributed by atoms with Crippen molar-refractivity contribution in [2.45, 2.75) is 25.8 Å². The first kappa shape index (κ1) is 20.2. The number of rotatable bonds is 10. The molecule has 1 aromatic rings. The second-order valence-corrected chi connectivity index (χ2v) is 6.28. The smallest absolute Gasteiger partial charge is 0.317 e. The lowest BCUT2D eigenvalue weighted by Gasteiger charge is -2.37. The van der Waals surface area contributed by atoms with Crippen LogP contribution >= 0.6 is 0 Å². The zero-order chi connectivity index (χ0) is 18.8. The number of ether oxygens (including phenoxy) is 2. The van der Waals surface area contributed by atoms with E-state index >= 15 is 0 Å². The molecule has 0 spiro atoms. The Morgan fingerprint density at radius 3 is 2.50 bits per heavy atom. The van der Waals surface area contributed by atoms with Gasteiger partial charge < -0.3 is 19.5 Å². The highest BCUT2D eigenvalue weighted by atomic mass is 16.5. The van der Waals surface area contributed by atoms with Crippen LogP contribution in [-0.4, -0.2) is 78.8 Å². The van der Waals surface area contributed by atoms with Crippen molar-refractivity contribution in [3.05, 3.63) is 30.3 Å². The SMILES string of the molecule is CCN(CC(=O)O)C1CCN(C(=O)COCCOc2ccccc2)CC1. The number of likely N-dealkylation sites (N-methyl/N-ethyl adjacent to an activating group) is 1. The summed E-state index contributed by atoms with van der Waals surface area (Å²) in [5.41, 5.74) is 0. The fourth-order valence-electron chi connectivity index (χ4n) is 3.14. The molecule has 1 heterocycles. The van der Waals surface area contributed by atoms with Crippen molar-refractivity contribution in [3.63, 3.8) is 0 Å². The van der Waals surface area contributed by atoms with E-state index in [-0.39, 0.29) is 25.1 Å². The molecule has 1 saturated heterocycles. The summed E-state index contributed by atoms with van der Waals surface area (Å²) >= 11 is 0. The zero-order valence-corrected chi connectivity index (χ0v) is 15.3. The maximum Gasteiger partial charge on any atom is 0.317 e. The van der Waals surface area contributed by atoms with Gasteiger partial charge in [0, 0.05) is 19.1 Å². The number of benzene rings is 1. The van der Waals surface area contributed by atoms with Crippen LogP contribution in [0.2, 0.25) is 0 Å². The van der Waals surface area contributed by atoms with E-state index in [1.165, 1.54) is 0 Å². The molecule has 0 saturated carbocycles. The van der Waals surface area contributed by atoms with Crippen LogP contribution in [0.25, 0.3) is 0 Å². The molecule has 1 aliphatic rings. The molecule has 1 fully saturated rings. The molecule has 0 radical (unpaired) electrons. The monoisotopic (exact) mass is 364 g/mol. The summed E-state index contributed by atoms with van der Waals surface area (Å²) < 4.78 is 10.9. The minimum Gasteiger partial charge on any atom is -0.491 e. The zero-order valence-electron chi connectivity index (χ0n) is 15.3. The van der Waals surface area contributed by atoms with E-state index in [0.29, 0.717) is 32.8 Å². The summed E-state index contributed by atoms with van der Waals surface area (Å²) in [6.45, 7) is 4.82. The van der Waals surface area contributed by atoms with Gasteiger partial charge in [-0.2, -0.15) is 0 Å². The molecular formula is C19H28N2O5. The van der Waals surface area contributed by atoms with Crippen molar-refractivity contribution >= 4 is 11.9 Å². The molecule has 1 N–H and O–H groups in total. The van der Waals surface area contributed by atoms with Crippen LogP contribution in [0.3, 0.4) is 0 Å². The molecule has 144 valence electrons. The summed E-state index contributed by atoms with van der Waals surface area (Å²) in [5.74, 6) is -0.0488. The van der Waals surface area contributed by atoms with E-state index < -0.39 is 5.97 Å². The second-order valence-electron chi connectivity index (χ2n) is 6.28. The van der Waals surface area contributed by atoms with Crippen LogP contribution in [0.1, 0.15) is 19.8 Å². The van der Waals surface area contributed by atoms with Gasteiger partial charge in [0.25, 0.3) is 0 Å². The first-order valence-electron chi connectivity index (χ1n) is 9.09. The van der Waals surface area contributed by atoms with Gasteiger partial charge in [0.2, 0.25) is 5.91 Å². The lowest BCUT2D eigenvalue weighted by atomic mass is 10.0. The molecule has 26 heavy (non-hydrogen) atoms. The minimum absolute atomic E-state index is 0.0237. The van der Waals surface area contributed by atoms with Gasteiger partial charge >= 0.3 is 5.97 Å². The van der Waals surface area contributed by atoms with E-state index in [9.17, 15) is 9.59 Å². The van der Waals surface area contributed by atoms with Crippen molar-refractivity contribution in [1.29, 1.82) is 0 Å². The Morgan fingerprint density at radius 2 is 1.88 bits per heavy atom. The third-order valence-corrected chi connectivity index (χ3v) is 4.54.